The molecule has 1 N–H and O–H groups in total. The molecule has 1 aliphatic rings. The maximum atomic E-state index is 11.7. The number of halogens is 3. The van der Waals surface area contributed by atoms with Crippen molar-refractivity contribution in [2.75, 3.05) is 13.2 Å². The maximum absolute atomic E-state index is 11.7. The lowest BCUT2D eigenvalue weighted by atomic mass is 9.94. The highest BCUT2D eigenvalue weighted by molar-refractivity contribution is 5.08. The molecule has 0 aromatic carbocycles. The fourth-order valence-corrected chi connectivity index (χ4v) is 1.77. The first-order valence-corrected chi connectivity index (χ1v) is 5.49. The summed E-state index contributed by atoms with van der Waals surface area (Å²) >= 11 is 0. The average Bonchev–Trinajstić information content (AvgIpc) is 2.15. The van der Waals surface area contributed by atoms with Crippen LogP contribution in [0.15, 0.2) is 11.6 Å². The second-order valence-corrected chi connectivity index (χ2v) is 4.06. The first-order valence-electron chi connectivity index (χ1n) is 5.49. The molecule has 1 atom stereocenters. The van der Waals surface area contributed by atoms with Gasteiger partial charge in [0.15, 0.2) is 0 Å². The van der Waals surface area contributed by atoms with Gasteiger partial charge in [-0.3, -0.25) is 0 Å². The van der Waals surface area contributed by atoms with E-state index in [9.17, 15) is 18.3 Å². The van der Waals surface area contributed by atoms with Gasteiger partial charge in [0, 0.05) is 6.61 Å². The number of hydrogen-bond donors (Lipinski definition) is 1. The summed E-state index contributed by atoms with van der Waals surface area (Å²) < 4.78 is 39.7. The molecule has 16 heavy (non-hydrogen) atoms. The minimum absolute atomic E-state index is 0.118. The van der Waals surface area contributed by atoms with Gasteiger partial charge < -0.3 is 9.84 Å². The van der Waals surface area contributed by atoms with Crippen LogP contribution in [0.4, 0.5) is 13.2 Å². The molecule has 2 nitrogen and oxygen atoms in total. The number of aliphatic hydroxyl groups excluding tert-OH is 1. The van der Waals surface area contributed by atoms with E-state index in [1.807, 2.05) is 6.08 Å². The van der Waals surface area contributed by atoms with E-state index in [2.05, 4.69) is 4.74 Å². The molecule has 1 rings (SSSR count). The van der Waals surface area contributed by atoms with Gasteiger partial charge in [-0.15, -0.1) is 0 Å². The molecule has 0 aromatic rings. The van der Waals surface area contributed by atoms with Gasteiger partial charge in [0.1, 0.15) is 6.61 Å². The molecular weight excluding hydrogens is 221 g/mol. The van der Waals surface area contributed by atoms with Gasteiger partial charge >= 0.3 is 6.18 Å². The molecule has 0 saturated carbocycles. The fraction of sp³-hybridized carbons (Fsp3) is 0.818. The third-order valence-corrected chi connectivity index (χ3v) is 2.48. The number of aliphatic hydroxyl groups is 1. The van der Waals surface area contributed by atoms with Crippen LogP contribution in [0.5, 0.6) is 0 Å². The molecular formula is C11H17F3O2. The van der Waals surface area contributed by atoms with E-state index in [-0.39, 0.29) is 12.7 Å². The first-order chi connectivity index (χ1) is 7.47. The van der Waals surface area contributed by atoms with E-state index in [0.29, 0.717) is 6.42 Å². The Bertz CT molecular complexity index is 236. The third-order valence-electron chi connectivity index (χ3n) is 2.48. The van der Waals surface area contributed by atoms with Crippen LogP contribution in [0.1, 0.15) is 32.1 Å². The second kappa shape index (κ2) is 6.25. The van der Waals surface area contributed by atoms with Crippen LogP contribution < -0.4 is 0 Å². The van der Waals surface area contributed by atoms with Gasteiger partial charge in [0.2, 0.25) is 0 Å². The number of alkyl halides is 3. The highest BCUT2D eigenvalue weighted by Gasteiger charge is 2.27. The van der Waals surface area contributed by atoms with Crippen molar-refractivity contribution in [3.63, 3.8) is 0 Å². The highest BCUT2D eigenvalue weighted by Crippen LogP contribution is 2.22. The lowest BCUT2D eigenvalue weighted by Crippen LogP contribution is -2.17. The molecule has 5 heteroatoms. The number of ether oxygens (including phenoxy) is 1. The normalized spacial score (nSPS) is 22.0. The summed E-state index contributed by atoms with van der Waals surface area (Å²) in [6, 6.07) is 0. The van der Waals surface area contributed by atoms with Crippen molar-refractivity contribution in [1.82, 2.24) is 0 Å². The monoisotopic (exact) mass is 238 g/mol. The Balaban J connectivity index is 2.07. The standard InChI is InChI=1S/C11H17F3O2/c12-11(13,14)8-16-6-2-4-9-3-1-5-10(15)7-9/h7,10,15H,1-6,8H2. The van der Waals surface area contributed by atoms with E-state index in [1.165, 1.54) is 0 Å². The summed E-state index contributed by atoms with van der Waals surface area (Å²) in [6.07, 6.45) is 1.18. The van der Waals surface area contributed by atoms with Crippen molar-refractivity contribution in [2.45, 2.75) is 44.4 Å². The first kappa shape index (κ1) is 13.5. The zero-order valence-electron chi connectivity index (χ0n) is 9.09. The van der Waals surface area contributed by atoms with Crippen LogP contribution in [0, 0.1) is 0 Å². The van der Waals surface area contributed by atoms with Gasteiger partial charge in [-0.1, -0.05) is 11.6 Å². The van der Waals surface area contributed by atoms with E-state index >= 15 is 0 Å². The molecule has 0 amide bonds. The van der Waals surface area contributed by atoms with Crippen LogP contribution in [-0.2, 0) is 4.74 Å². The molecule has 0 saturated heterocycles. The molecule has 1 unspecified atom stereocenters. The summed E-state index contributed by atoms with van der Waals surface area (Å²) in [5.74, 6) is 0. The van der Waals surface area contributed by atoms with Crippen LogP contribution in [-0.4, -0.2) is 30.6 Å². The van der Waals surface area contributed by atoms with E-state index in [1.54, 1.807) is 0 Å². The lowest BCUT2D eigenvalue weighted by molar-refractivity contribution is -0.174. The SMILES string of the molecule is OC1C=C(CCCOCC(F)(F)F)CCC1. The smallest absolute Gasteiger partial charge is 0.389 e. The van der Waals surface area contributed by atoms with Crippen LogP contribution in [0.2, 0.25) is 0 Å². The van der Waals surface area contributed by atoms with E-state index < -0.39 is 12.8 Å². The summed E-state index contributed by atoms with van der Waals surface area (Å²) in [5.41, 5.74) is 1.13. The Morgan fingerprint density at radius 3 is 2.81 bits per heavy atom. The van der Waals surface area contributed by atoms with Crippen LogP contribution >= 0.6 is 0 Å². The van der Waals surface area contributed by atoms with Gasteiger partial charge in [-0.2, -0.15) is 13.2 Å². The molecule has 0 spiro atoms. The molecule has 0 aromatic heterocycles. The summed E-state index contributed by atoms with van der Waals surface area (Å²) in [4.78, 5) is 0. The predicted octanol–water partition coefficient (Wildman–Crippen LogP) is 2.82. The molecule has 0 bridgehead atoms. The Morgan fingerprint density at radius 2 is 2.19 bits per heavy atom. The number of allylic oxidation sites excluding steroid dienone is 1. The summed E-state index contributed by atoms with van der Waals surface area (Å²) in [7, 11) is 0. The minimum atomic E-state index is -4.24. The topological polar surface area (TPSA) is 29.5 Å². The zero-order chi connectivity index (χ0) is 12.0. The zero-order valence-corrected chi connectivity index (χ0v) is 9.09. The average molecular weight is 238 g/mol. The van der Waals surface area contributed by atoms with E-state index in [4.69, 9.17) is 0 Å². The molecule has 0 radical (unpaired) electrons. The highest BCUT2D eigenvalue weighted by atomic mass is 19.4. The van der Waals surface area contributed by atoms with Crippen molar-refractivity contribution in [3.8, 4) is 0 Å². The Kier molecular flexibility index (Phi) is 5.28. The van der Waals surface area contributed by atoms with Gasteiger partial charge in [0.05, 0.1) is 6.10 Å². The van der Waals surface area contributed by atoms with Crippen molar-refractivity contribution < 1.29 is 23.0 Å². The number of rotatable bonds is 5. The van der Waals surface area contributed by atoms with Crippen LogP contribution in [0.25, 0.3) is 0 Å². The van der Waals surface area contributed by atoms with Crippen molar-refractivity contribution in [1.29, 1.82) is 0 Å². The minimum Gasteiger partial charge on any atom is -0.389 e. The molecule has 94 valence electrons. The van der Waals surface area contributed by atoms with Crippen molar-refractivity contribution in [2.24, 2.45) is 0 Å². The lowest BCUT2D eigenvalue weighted by Gasteiger charge is -2.17. The van der Waals surface area contributed by atoms with Crippen molar-refractivity contribution in [3.05, 3.63) is 11.6 Å². The number of hydrogen-bond acceptors (Lipinski definition) is 2. The Morgan fingerprint density at radius 1 is 1.44 bits per heavy atom. The summed E-state index contributed by atoms with van der Waals surface area (Å²) in [5, 5.41) is 9.33. The van der Waals surface area contributed by atoms with Gasteiger partial charge in [-0.05, 0) is 32.1 Å². The maximum Gasteiger partial charge on any atom is 0.411 e. The van der Waals surface area contributed by atoms with Crippen molar-refractivity contribution >= 4 is 0 Å². The molecule has 1 aliphatic carbocycles. The predicted molar refractivity (Wildman–Crippen MR) is 54.0 cm³/mol. The van der Waals surface area contributed by atoms with Crippen LogP contribution in [0.3, 0.4) is 0 Å². The fourth-order valence-electron chi connectivity index (χ4n) is 1.77. The second-order valence-electron chi connectivity index (χ2n) is 4.06. The Labute approximate surface area is 93.1 Å². The molecule has 0 fully saturated rings. The molecule has 0 heterocycles. The summed E-state index contributed by atoms with van der Waals surface area (Å²) in [6.45, 7) is -1.05. The quantitative estimate of drug-likeness (QED) is 0.589. The Hall–Kier alpha value is -0.550. The van der Waals surface area contributed by atoms with Gasteiger partial charge in [0.25, 0.3) is 0 Å². The van der Waals surface area contributed by atoms with Gasteiger partial charge in [-0.25, -0.2) is 0 Å². The molecule has 0 aliphatic heterocycles. The largest absolute Gasteiger partial charge is 0.411 e. The van der Waals surface area contributed by atoms with E-state index in [0.717, 1.165) is 31.3 Å². The third kappa shape index (κ3) is 6.12.